The van der Waals surface area contributed by atoms with E-state index < -0.39 is 17.9 Å². The number of thiocarbonyl (C=S) groups is 1. The number of carbonyl (C=O) groups is 1. The van der Waals surface area contributed by atoms with Gasteiger partial charge in [-0.2, -0.15) is 0 Å². The summed E-state index contributed by atoms with van der Waals surface area (Å²) in [5, 5.41) is 12.5. The number of hydrogen-bond donors (Lipinski definition) is 2. The van der Waals surface area contributed by atoms with Crippen molar-refractivity contribution in [1.82, 2.24) is 5.32 Å². The number of hydrogen-bond acceptors (Lipinski definition) is 4. The van der Waals surface area contributed by atoms with Gasteiger partial charge in [-0.25, -0.2) is 4.99 Å². The summed E-state index contributed by atoms with van der Waals surface area (Å²) in [6.45, 7) is 1.70. The van der Waals surface area contributed by atoms with E-state index in [2.05, 4.69) is 10.3 Å². The van der Waals surface area contributed by atoms with E-state index >= 15 is 0 Å². The lowest BCUT2D eigenvalue weighted by atomic mass is 9.94. The molecule has 0 amide bonds. The van der Waals surface area contributed by atoms with E-state index in [0.29, 0.717) is 5.71 Å². The summed E-state index contributed by atoms with van der Waals surface area (Å²) >= 11 is 4.94. The molecule has 0 bridgehead atoms. The van der Waals surface area contributed by atoms with Crippen LogP contribution in [0.3, 0.4) is 0 Å². The quantitative estimate of drug-likeness (QED) is 0.641. The SMILES string of the molecule is CC1=NC(=S)NC(CO)C1C(=O)OCc1ccccc1. The number of ether oxygens (including phenoxy) is 1. The molecule has 0 saturated heterocycles. The van der Waals surface area contributed by atoms with Gasteiger partial charge < -0.3 is 15.2 Å². The first-order valence-electron chi connectivity index (χ1n) is 6.29. The number of aliphatic imine (C=N–C) groups is 1. The second-order valence-electron chi connectivity index (χ2n) is 4.56. The molecule has 2 atom stereocenters. The van der Waals surface area contributed by atoms with Crippen LogP contribution in [-0.2, 0) is 16.1 Å². The molecule has 2 unspecified atom stereocenters. The van der Waals surface area contributed by atoms with Crippen molar-refractivity contribution >= 4 is 29.0 Å². The zero-order valence-corrected chi connectivity index (χ0v) is 11.9. The summed E-state index contributed by atoms with van der Waals surface area (Å²) in [5.41, 5.74) is 1.47. The van der Waals surface area contributed by atoms with Gasteiger partial charge in [0.2, 0.25) is 0 Å². The number of carbonyl (C=O) groups excluding carboxylic acids is 1. The van der Waals surface area contributed by atoms with Gasteiger partial charge in [0.25, 0.3) is 0 Å². The van der Waals surface area contributed by atoms with Crippen molar-refractivity contribution in [2.75, 3.05) is 6.61 Å². The molecule has 0 fully saturated rings. The first-order valence-corrected chi connectivity index (χ1v) is 6.69. The number of benzene rings is 1. The fraction of sp³-hybridized carbons (Fsp3) is 0.357. The van der Waals surface area contributed by atoms with Crippen molar-refractivity contribution in [2.45, 2.75) is 19.6 Å². The van der Waals surface area contributed by atoms with Gasteiger partial charge in [-0.1, -0.05) is 30.3 Å². The van der Waals surface area contributed by atoms with E-state index in [1.807, 2.05) is 30.3 Å². The average Bonchev–Trinajstić information content (AvgIpc) is 2.45. The number of esters is 1. The summed E-state index contributed by atoms with van der Waals surface area (Å²) in [5.74, 6) is -1.03. The van der Waals surface area contributed by atoms with Gasteiger partial charge >= 0.3 is 5.97 Å². The van der Waals surface area contributed by atoms with Crippen LogP contribution < -0.4 is 5.32 Å². The molecule has 2 N–H and O–H groups in total. The van der Waals surface area contributed by atoms with Gasteiger partial charge in [0.1, 0.15) is 12.5 Å². The molecule has 0 radical (unpaired) electrons. The van der Waals surface area contributed by atoms with Gasteiger partial charge in [-0.3, -0.25) is 4.79 Å². The highest BCUT2D eigenvalue weighted by Gasteiger charge is 2.35. The molecular formula is C14H16N2O3S. The number of aliphatic hydroxyl groups is 1. The van der Waals surface area contributed by atoms with Crippen LogP contribution in [0.1, 0.15) is 12.5 Å². The smallest absolute Gasteiger partial charge is 0.317 e. The van der Waals surface area contributed by atoms with Crippen molar-refractivity contribution in [1.29, 1.82) is 0 Å². The third-order valence-corrected chi connectivity index (χ3v) is 3.32. The van der Waals surface area contributed by atoms with Crippen LogP contribution in [0.2, 0.25) is 0 Å². The van der Waals surface area contributed by atoms with Crippen molar-refractivity contribution in [3.63, 3.8) is 0 Å². The van der Waals surface area contributed by atoms with E-state index in [9.17, 15) is 9.90 Å². The molecule has 6 heteroatoms. The lowest BCUT2D eigenvalue weighted by Gasteiger charge is -2.29. The molecule has 1 aliphatic rings. The molecule has 106 valence electrons. The van der Waals surface area contributed by atoms with Crippen molar-refractivity contribution in [2.24, 2.45) is 10.9 Å². The minimum atomic E-state index is -0.615. The van der Waals surface area contributed by atoms with Crippen LogP contribution in [0.4, 0.5) is 0 Å². The van der Waals surface area contributed by atoms with Crippen LogP contribution in [0.15, 0.2) is 35.3 Å². The molecule has 0 saturated carbocycles. The topological polar surface area (TPSA) is 70.9 Å². The third-order valence-electron chi connectivity index (χ3n) is 3.11. The molecule has 0 aliphatic carbocycles. The number of rotatable bonds is 4. The van der Waals surface area contributed by atoms with E-state index in [0.717, 1.165) is 5.56 Å². The van der Waals surface area contributed by atoms with E-state index in [1.165, 1.54) is 0 Å². The number of aliphatic hydroxyl groups excluding tert-OH is 1. The predicted octanol–water partition coefficient (Wildman–Crippen LogP) is 1.06. The van der Waals surface area contributed by atoms with Gasteiger partial charge in [0, 0.05) is 5.71 Å². The average molecular weight is 292 g/mol. The Kier molecular flexibility index (Phi) is 4.81. The maximum absolute atomic E-state index is 12.2. The molecule has 2 rings (SSSR count). The van der Waals surface area contributed by atoms with Gasteiger partial charge in [-0.05, 0) is 24.7 Å². The Bertz CT molecular complexity index is 530. The molecule has 5 nitrogen and oxygen atoms in total. The van der Waals surface area contributed by atoms with Gasteiger partial charge in [-0.15, -0.1) is 0 Å². The largest absolute Gasteiger partial charge is 0.460 e. The summed E-state index contributed by atoms with van der Waals surface area (Å²) in [4.78, 5) is 16.2. The molecule has 1 aromatic carbocycles. The molecule has 0 spiro atoms. The zero-order chi connectivity index (χ0) is 14.5. The zero-order valence-electron chi connectivity index (χ0n) is 11.1. The van der Waals surface area contributed by atoms with E-state index in [1.54, 1.807) is 6.92 Å². The monoisotopic (exact) mass is 292 g/mol. The number of nitrogens with one attached hydrogen (secondary N) is 1. The molecule has 20 heavy (non-hydrogen) atoms. The van der Waals surface area contributed by atoms with Crippen LogP contribution in [0.25, 0.3) is 0 Å². The van der Waals surface area contributed by atoms with E-state index in [-0.39, 0.29) is 18.3 Å². The van der Waals surface area contributed by atoms with Crippen molar-refractivity contribution < 1.29 is 14.6 Å². The lowest BCUT2D eigenvalue weighted by molar-refractivity contribution is -0.148. The van der Waals surface area contributed by atoms with Crippen LogP contribution in [-0.4, -0.2) is 34.5 Å². The number of nitrogens with zero attached hydrogens (tertiary/aromatic N) is 1. The summed E-state index contributed by atoms with van der Waals surface area (Å²) in [7, 11) is 0. The van der Waals surface area contributed by atoms with Gasteiger partial charge in [0.05, 0.1) is 12.6 Å². The standard InChI is InChI=1S/C14H16N2O3S/c1-9-12(11(7-17)16-14(20)15-9)13(18)19-8-10-5-3-2-4-6-10/h2-6,11-12,17H,7-8H2,1H3,(H,16,20). The molecule has 1 aromatic rings. The first kappa shape index (κ1) is 14.6. The third kappa shape index (κ3) is 3.40. The lowest BCUT2D eigenvalue weighted by Crippen LogP contribution is -2.51. The van der Waals surface area contributed by atoms with E-state index in [4.69, 9.17) is 17.0 Å². The molecule has 0 aromatic heterocycles. The summed E-state index contributed by atoms with van der Waals surface area (Å²) < 4.78 is 5.29. The summed E-state index contributed by atoms with van der Waals surface area (Å²) in [6, 6.07) is 8.94. The fourth-order valence-corrected chi connectivity index (χ4v) is 2.39. The van der Waals surface area contributed by atoms with Crippen molar-refractivity contribution in [3.8, 4) is 0 Å². The highest BCUT2D eigenvalue weighted by Crippen LogP contribution is 2.15. The highest BCUT2D eigenvalue weighted by atomic mass is 32.1. The molecule has 1 aliphatic heterocycles. The maximum atomic E-state index is 12.2. The van der Waals surface area contributed by atoms with Crippen molar-refractivity contribution in [3.05, 3.63) is 35.9 Å². The summed E-state index contributed by atoms with van der Waals surface area (Å²) in [6.07, 6.45) is 0. The second-order valence-corrected chi connectivity index (χ2v) is 4.95. The molecule has 1 heterocycles. The fourth-order valence-electron chi connectivity index (χ4n) is 2.10. The Labute approximate surface area is 122 Å². The Morgan fingerprint density at radius 2 is 2.15 bits per heavy atom. The Morgan fingerprint density at radius 1 is 1.45 bits per heavy atom. The van der Waals surface area contributed by atoms with Crippen LogP contribution in [0.5, 0.6) is 0 Å². The predicted molar refractivity (Wildman–Crippen MR) is 79.4 cm³/mol. The Hall–Kier alpha value is -1.79. The minimum absolute atomic E-state index is 0.200. The molecular weight excluding hydrogens is 276 g/mol. The van der Waals surface area contributed by atoms with Crippen LogP contribution in [0, 0.1) is 5.92 Å². The van der Waals surface area contributed by atoms with Crippen LogP contribution >= 0.6 is 12.2 Å². The first-order chi connectivity index (χ1) is 9.61. The maximum Gasteiger partial charge on any atom is 0.317 e. The highest BCUT2D eigenvalue weighted by molar-refractivity contribution is 7.80. The normalized spacial score (nSPS) is 21.9. The minimum Gasteiger partial charge on any atom is -0.460 e. The van der Waals surface area contributed by atoms with Gasteiger partial charge in [0.15, 0.2) is 5.11 Å². The Morgan fingerprint density at radius 3 is 2.80 bits per heavy atom. The Balaban J connectivity index is 2.03. The second kappa shape index (κ2) is 6.58.